The number of halogens is 1. The highest BCUT2D eigenvalue weighted by molar-refractivity contribution is 6.30. The Morgan fingerprint density at radius 2 is 2.00 bits per heavy atom. The van der Waals surface area contributed by atoms with Gasteiger partial charge in [-0.2, -0.15) is 0 Å². The van der Waals surface area contributed by atoms with E-state index in [1.165, 1.54) is 6.08 Å². The van der Waals surface area contributed by atoms with Crippen LogP contribution in [-0.2, 0) is 9.59 Å². The maximum atomic E-state index is 11.8. The highest BCUT2D eigenvalue weighted by Gasteiger charge is 2.34. The Labute approximate surface area is 116 Å². The molecule has 4 nitrogen and oxygen atoms in total. The second-order valence-corrected chi connectivity index (χ2v) is 5.14. The molecule has 0 aromatic heterocycles. The van der Waals surface area contributed by atoms with Gasteiger partial charge < -0.3 is 10.4 Å². The van der Waals surface area contributed by atoms with Crippen molar-refractivity contribution in [1.29, 1.82) is 0 Å². The van der Waals surface area contributed by atoms with Crippen molar-refractivity contribution in [1.82, 2.24) is 0 Å². The Morgan fingerprint density at radius 1 is 1.37 bits per heavy atom. The first-order chi connectivity index (χ1) is 8.97. The molecule has 2 atom stereocenters. The molecule has 0 fully saturated rings. The van der Waals surface area contributed by atoms with Crippen LogP contribution in [0.1, 0.15) is 13.3 Å². The van der Waals surface area contributed by atoms with E-state index in [0.717, 1.165) is 11.4 Å². The van der Waals surface area contributed by atoms with Crippen molar-refractivity contribution in [2.75, 3.05) is 5.32 Å². The molecule has 2 N–H and O–H groups in total. The molecule has 19 heavy (non-hydrogen) atoms. The fourth-order valence-electron chi connectivity index (χ4n) is 2.24. The van der Waals surface area contributed by atoms with Crippen LogP contribution in [0.15, 0.2) is 36.0 Å². The largest absolute Gasteiger partial charge is 0.481 e. The van der Waals surface area contributed by atoms with E-state index >= 15 is 0 Å². The lowest BCUT2D eigenvalue weighted by Gasteiger charge is -2.25. The van der Waals surface area contributed by atoms with Gasteiger partial charge in [-0.15, -0.1) is 0 Å². The van der Waals surface area contributed by atoms with Crippen molar-refractivity contribution in [3.05, 3.63) is 41.1 Å². The van der Waals surface area contributed by atoms with Crippen LogP contribution in [0, 0.1) is 11.8 Å². The summed E-state index contributed by atoms with van der Waals surface area (Å²) in [5.74, 6) is -2.57. The molecule has 2 rings (SSSR count). The first-order valence-electron chi connectivity index (χ1n) is 5.97. The van der Waals surface area contributed by atoms with Gasteiger partial charge in [0.2, 0.25) is 0 Å². The highest BCUT2D eigenvalue weighted by atomic mass is 35.5. The molecule has 0 aliphatic heterocycles. The van der Waals surface area contributed by atoms with Crippen LogP contribution in [0.4, 0.5) is 5.69 Å². The van der Waals surface area contributed by atoms with Gasteiger partial charge in [0.05, 0.1) is 0 Å². The van der Waals surface area contributed by atoms with E-state index in [2.05, 4.69) is 5.32 Å². The predicted octanol–water partition coefficient (Wildman–Crippen LogP) is 2.95. The molecule has 100 valence electrons. The van der Waals surface area contributed by atoms with Crippen LogP contribution in [0.5, 0.6) is 0 Å². The number of rotatable bonds is 3. The van der Waals surface area contributed by atoms with E-state index < -0.39 is 11.9 Å². The van der Waals surface area contributed by atoms with Gasteiger partial charge in [0.15, 0.2) is 5.78 Å². The normalized spacial score (nSPS) is 22.8. The maximum absolute atomic E-state index is 11.8. The molecule has 0 unspecified atom stereocenters. The van der Waals surface area contributed by atoms with Gasteiger partial charge in [-0.3, -0.25) is 9.59 Å². The number of ketones is 1. The Kier molecular flexibility index (Phi) is 3.90. The monoisotopic (exact) mass is 279 g/mol. The van der Waals surface area contributed by atoms with E-state index in [-0.39, 0.29) is 11.7 Å². The molecule has 0 saturated heterocycles. The number of aliphatic carboxylic acids is 1. The Morgan fingerprint density at radius 3 is 2.53 bits per heavy atom. The quantitative estimate of drug-likeness (QED) is 0.835. The Hall–Kier alpha value is -1.81. The molecule has 0 spiro atoms. The minimum Gasteiger partial charge on any atom is -0.481 e. The van der Waals surface area contributed by atoms with Gasteiger partial charge in [0, 0.05) is 22.5 Å². The molecule has 0 heterocycles. The van der Waals surface area contributed by atoms with E-state index in [0.29, 0.717) is 11.4 Å². The van der Waals surface area contributed by atoms with Gasteiger partial charge in [-0.05, 0) is 36.6 Å². The molecule has 1 aliphatic carbocycles. The molecular weight excluding hydrogens is 266 g/mol. The van der Waals surface area contributed by atoms with Crippen LogP contribution >= 0.6 is 11.6 Å². The van der Waals surface area contributed by atoms with Crippen LogP contribution in [-0.4, -0.2) is 16.9 Å². The summed E-state index contributed by atoms with van der Waals surface area (Å²) in [5, 5.41) is 12.8. The zero-order valence-corrected chi connectivity index (χ0v) is 11.1. The third-order valence-electron chi connectivity index (χ3n) is 3.15. The summed E-state index contributed by atoms with van der Waals surface area (Å²) in [5.41, 5.74) is 1.56. The summed E-state index contributed by atoms with van der Waals surface area (Å²) < 4.78 is 0. The molecule has 1 aliphatic rings. The van der Waals surface area contributed by atoms with E-state index in [9.17, 15) is 9.59 Å². The molecule has 0 bridgehead atoms. The molecule has 5 heteroatoms. The number of carboxylic acids is 1. The molecular formula is C14H14ClNO3. The van der Waals surface area contributed by atoms with Crippen molar-refractivity contribution in [2.45, 2.75) is 13.3 Å². The van der Waals surface area contributed by atoms with Crippen molar-refractivity contribution in [2.24, 2.45) is 11.8 Å². The third kappa shape index (κ3) is 3.15. The molecule has 0 radical (unpaired) electrons. The standard InChI is InChI=1S/C14H14ClNO3/c1-8-6-11(7-12(17)13(8)14(18)19)16-10-4-2-9(15)3-5-10/h2-5,7-8,13,16H,6H2,1H3,(H,18,19)/t8-,13+/m1/s1. The fourth-order valence-corrected chi connectivity index (χ4v) is 2.36. The van der Waals surface area contributed by atoms with Crippen molar-refractivity contribution in [3.8, 4) is 0 Å². The fraction of sp³-hybridized carbons (Fsp3) is 0.286. The Balaban J connectivity index is 2.14. The number of carboxylic acid groups (broad SMARTS) is 1. The molecule has 1 aromatic carbocycles. The summed E-state index contributed by atoms with van der Waals surface area (Å²) in [7, 11) is 0. The van der Waals surface area contributed by atoms with Crippen molar-refractivity contribution in [3.63, 3.8) is 0 Å². The van der Waals surface area contributed by atoms with Crippen LogP contribution in [0.2, 0.25) is 5.02 Å². The van der Waals surface area contributed by atoms with E-state index in [1.54, 1.807) is 19.1 Å². The smallest absolute Gasteiger partial charge is 0.314 e. The number of anilines is 1. The summed E-state index contributed by atoms with van der Waals surface area (Å²) in [6.07, 6.45) is 1.92. The van der Waals surface area contributed by atoms with Crippen LogP contribution in [0.3, 0.4) is 0 Å². The predicted molar refractivity (Wildman–Crippen MR) is 73.1 cm³/mol. The lowest BCUT2D eigenvalue weighted by molar-refractivity contribution is -0.147. The lowest BCUT2D eigenvalue weighted by atomic mass is 9.82. The topological polar surface area (TPSA) is 66.4 Å². The first-order valence-corrected chi connectivity index (χ1v) is 6.35. The van der Waals surface area contributed by atoms with Crippen molar-refractivity contribution >= 4 is 29.0 Å². The number of allylic oxidation sites excluding steroid dienone is 2. The minimum atomic E-state index is -1.06. The van der Waals surface area contributed by atoms with Crippen molar-refractivity contribution < 1.29 is 14.7 Å². The molecule has 0 saturated carbocycles. The van der Waals surface area contributed by atoms with Gasteiger partial charge in [0.1, 0.15) is 5.92 Å². The molecule has 0 amide bonds. The van der Waals surface area contributed by atoms with E-state index in [4.69, 9.17) is 16.7 Å². The average Bonchev–Trinajstić information content (AvgIpc) is 2.30. The summed E-state index contributed by atoms with van der Waals surface area (Å²) >= 11 is 5.79. The van der Waals surface area contributed by atoms with Crippen LogP contribution in [0.25, 0.3) is 0 Å². The zero-order chi connectivity index (χ0) is 14.0. The summed E-state index contributed by atoms with van der Waals surface area (Å²) in [6.45, 7) is 1.77. The zero-order valence-electron chi connectivity index (χ0n) is 10.4. The lowest BCUT2D eigenvalue weighted by Crippen LogP contribution is -2.33. The minimum absolute atomic E-state index is 0.218. The second kappa shape index (κ2) is 5.45. The Bertz CT molecular complexity index is 536. The number of hydrogen-bond donors (Lipinski definition) is 2. The number of nitrogens with one attached hydrogen (secondary N) is 1. The van der Waals surface area contributed by atoms with Gasteiger partial charge in [0.25, 0.3) is 0 Å². The van der Waals surface area contributed by atoms with Crippen LogP contribution < -0.4 is 5.32 Å². The summed E-state index contributed by atoms with van der Waals surface area (Å²) in [4.78, 5) is 22.8. The second-order valence-electron chi connectivity index (χ2n) is 4.70. The first kappa shape index (κ1) is 13.6. The van der Waals surface area contributed by atoms with Gasteiger partial charge in [-0.1, -0.05) is 18.5 Å². The average molecular weight is 280 g/mol. The SMILES string of the molecule is C[C@@H]1CC(Nc2ccc(Cl)cc2)=CC(=O)[C@H]1C(=O)O. The third-order valence-corrected chi connectivity index (χ3v) is 3.40. The summed E-state index contributed by atoms with van der Waals surface area (Å²) in [6, 6.07) is 7.11. The number of carbonyl (C=O) groups is 2. The highest BCUT2D eigenvalue weighted by Crippen LogP contribution is 2.28. The number of hydrogen-bond acceptors (Lipinski definition) is 3. The molecule has 1 aromatic rings. The van der Waals surface area contributed by atoms with E-state index in [1.807, 2.05) is 12.1 Å². The van der Waals surface area contributed by atoms with Gasteiger partial charge in [-0.25, -0.2) is 0 Å². The number of benzene rings is 1. The number of carbonyl (C=O) groups excluding carboxylic acids is 1. The maximum Gasteiger partial charge on any atom is 0.314 e. The van der Waals surface area contributed by atoms with Gasteiger partial charge >= 0.3 is 5.97 Å².